The molecule has 0 aliphatic rings. The Morgan fingerprint density at radius 3 is 2.69 bits per heavy atom. The Kier molecular flexibility index (Phi) is 7.00. The molecular weight excluding hydrogens is 411 g/mol. The van der Waals surface area contributed by atoms with Crippen LogP contribution in [0.2, 0.25) is 0 Å². The summed E-state index contributed by atoms with van der Waals surface area (Å²) in [6, 6.07) is 12.0. The number of halogens is 1. The maximum absolute atomic E-state index is 13.0. The summed E-state index contributed by atoms with van der Waals surface area (Å²) < 4.78 is 18.0. The molecule has 0 atom stereocenters. The van der Waals surface area contributed by atoms with Gasteiger partial charge in [0.15, 0.2) is 11.7 Å². The predicted molar refractivity (Wildman–Crippen MR) is 114 cm³/mol. The second kappa shape index (κ2) is 9.67. The molecule has 1 N–H and O–H groups in total. The van der Waals surface area contributed by atoms with Gasteiger partial charge in [0.1, 0.15) is 5.82 Å². The Balaban J connectivity index is 1.45. The Morgan fingerprint density at radius 2 is 1.93 bits per heavy atom. The topological polar surface area (TPSA) is 68.3 Å². The summed E-state index contributed by atoms with van der Waals surface area (Å²) in [6.07, 6.45) is 0. The molecule has 1 amide bonds. The van der Waals surface area contributed by atoms with Crippen molar-refractivity contribution in [1.82, 2.24) is 4.98 Å². The van der Waals surface area contributed by atoms with Crippen molar-refractivity contribution in [3.05, 3.63) is 64.8 Å². The Hall–Kier alpha value is -2.71. The third-order valence-corrected chi connectivity index (χ3v) is 5.83. The van der Waals surface area contributed by atoms with Crippen molar-refractivity contribution in [1.29, 1.82) is 0 Å². The maximum Gasteiger partial charge on any atom is 0.316 e. The lowest BCUT2D eigenvalue weighted by atomic mass is 10.2. The van der Waals surface area contributed by atoms with Gasteiger partial charge in [0.05, 0.1) is 11.4 Å². The van der Waals surface area contributed by atoms with Gasteiger partial charge in [0, 0.05) is 15.8 Å². The SMILES string of the molecule is Cc1ccc(C)c(SCC(=O)OCC(=O)Nc2nc(-c3ccc(F)cc3)cs2)c1. The fraction of sp³-hybridized carbons (Fsp3) is 0.190. The molecule has 3 rings (SSSR count). The molecule has 2 aromatic carbocycles. The number of anilines is 1. The van der Waals surface area contributed by atoms with Gasteiger partial charge in [-0.25, -0.2) is 9.37 Å². The molecular formula is C21H19FN2O3S2. The van der Waals surface area contributed by atoms with Crippen LogP contribution in [0.25, 0.3) is 11.3 Å². The van der Waals surface area contributed by atoms with E-state index < -0.39 is 11.9 Å². The minimum atomic E-state index is -0.463. The van der Waals surface area contributed by atoms with Crippen molar-refractivity contribution >= 4 is 40.1 Å². The van der Waals surface area contributed by atoms with Crippen LogP contribution in [0.3, 0.4) is 0 Å². The lowest BCUT2D eigenvalue weighted by Gasteiger charge is -2.07. The van der Waals surface area contributed by atoms with Gasteiger partial charge in [-0.2, -0.15) is 0 Å². The number of thioether (sulfide) groups is 1. The minimum absolute atomic E-state index is 0.129. The molecule has 1 aromatic heterocycles. The van der Waals surface area contributed by atoms with Gasteiger partial charge in [-0.1, -0.05) is 17.7 Å². The quantitative estimate of drug-likeness (QED) is 0.429. The van der Waals surface area contributed by atoms with Crippen LogP contribution in [-0.4, -0.2) is 29.2 Å². The number of hydrogen-bond donors (Lipinski definition) is 1. The fourth-order valence-electron chi connectivity index (χ4n) is 2.43. The normalized spacial score (nSPS) is 10.6. The number of carbonyl (C=O) groups excluding carboxylic acids is 2. The lowest BCUT2D eigenvalue weighted by Crippen LogP contribution is -2.21. The number of esters is 1. The van der Waals surface area contributed by atoms with Crippen LogP contribution in [0.15, 0.2) is 52.7 Å². The Labute approximate surface area is 176 Å². The fourth-order valence-corrected chi connectivity index (χ4v) is 4.08. The van der Waals surface area contributed by atoms with E-state index in [2.05, 4.69) is 10.3 Å². The molecule has 0 unspecified atom stereocenters. The van der Waals surface area contributed by atoms with Crippen molar-refractivity contribution in [2.24, 2.45) is 0 Å². The number of nitrogens with one attached hydrogen (secondary N) is 1. The van der Waals surface area contributed by atoms with Crippen molar-refractivity contribution in [3.8, 4) is 11.3 Å². The van der Waals surface area contributed by atoms with Crippen LogP contribution in [0, 0.1) is 19.7 Å². The number of ether oxygens (including phenoxy) is 1. The minimum Gasteiger partial charge on any atom is -0.455 e. The molecule has 1 heterocycles. The first kappa shape index (κ1) is 21.0. The summed E-state index contributed by atoms with van der Waals surface area (Å²) in [5.41, 5.74) is 3.59. The van der Waals surface area contributed by atoms with E-state index >= 15 is 0 Å². The molecule has 0 aliphatic carbocycles. The van der Waals surface area contributed by atoms with Crippen LogP contribution >= 0.6 is 23.1 Å². The summed E-state index contributed by atoms with van der Waals surface area (Å²) in [5, 5.41) is 4.74. The van der Waals surface area contributed by atoms with Gasteiger partial charge in [-0.15, -0.1) is 23.1 Å². The standard InChI is InChI=1S/C21H19FN2O3S2/c1-13-3-4-14(2)18(9-13)28-12-20(26)27-10-19(25)24-21-23-17(11-29-21)15-5-7-16(22)8-6-15/h3-9,11H,10,12H2,1-2H3,(H,23,24,25). The largest absolute Gasteiger partial charge is 0.455 e. The molecule has 8 heteroatoms. The molecule has 5 nitrogen and oxygen atoms in total. The van der Waals surface area contributed by atoms with Crippen LogP contribution in [0.1, 0.15) is 11.1 Å². The smallest absolute Gasteiger partial charge is 0.316 e. The predicted octanol–water partition coefficient (Wildman–Crippen LogP) is 4.84. The summed E-state index contributed by atoms with van der Waals surface area (Å²) in [6.45, 7) is 3.60. The first-order valence-corrected chi connectivity index (χ1v) is 10.6. The van der Waals surface area contributed by atoms with E-state index in [9.17, 15) is 14.0 Å². The van der Waals surface area contributed by atoms with Gasteiger partial charge >= 0.3 is 5.97 Å². The summed E-state index contributed by atoms with van der Waals surface area (Å²) in [7, 11) is 0. The molecule has 0 saturated heterocycles. The first-order chi connectivity index (χ1) is 13.9. The molecule has 3 aromatic rings. The van der Waals surface area contributed by atoms with E-state index in [0.29, 0.717) is 10.8 Å². The first-order valence-electron chi connectivity index (χ1n) is 8.78. The summed E-state index contributed by atoms with van der Waals surface area (Å²) in [4.78, 5) is 29.2. The van der Waals surface area contributed by atoms with E-state index in [-0.39, 0.29) is 18.2 Å². The molecule has 150 valence electrons. The number of aromatic nitrogens is 1. The highest BCUT2D eigenvalue weighted by Crippen LogP contribution is 2.25. The van der Waals surface area contributed by atoms with E-state index in [1.54, 1.807) is 17.5 Å². The number of nitrogens with zero attached hydrogens (tertiary/aromatic N) is 1. The van der Waals surface area contributed by atoms with E-state index in [1.165, 1.54) is 35.2 Å². The van der Waals surface area contributed by atoms with Crippen molar-refractivity contribution in [2.45, 2.75) is 18.7 Å². The number of thiazole rings is 1. The third kappa shape index (κ3) is 6.13. The maximum atomic E-state index is 13.0. The molecule has 0 aliphatic heterocycles. The second-order valence-corrected chi connectivity index (χ2v) is 8.19. The molecule has 0 spiro atoms. The highest BCUT2D eigenvalue weighted by Gasteiger charge is 2.12. The molecule has 29 heavy (non-hydrogen) atoms. The zero-order chi connectivity index (χ0) is 20.8. The second-order valence-electron chi connectivity index (χ2n) is 6.31. The monoisotopic (exact) mass is 430 g/mol. The number of amides is 1. The van der Waals surface area contributed by atoms with E-state index in [1.807, 2.05) is 32.0 Å². The molecule has 0 radical (unpaired) electrons. The molecule has 0 fully saturated rings. The van der Waals surface area contributed by atoms with Crippen LogP contribution in [-0.2, 0) is 14.3 Å². The van der Waals surface area contributed by atoms with E-state index in [4.69, 9.17) is 4.74 Å². The molecule has 0 saturated carbocycles. The highest BCUT2D eigenvalue weighted by molar-refractivity contribution is 8.00. The van der Waals surface area contributed by atoms with Gasteiger partial charge in [-0.05, 0) is 49.7 Å². The highest BCUT2D eigenvalue weighted by atomic mass is 32.2. The average Bonchev–Trinajstić information content (AvgIpc) is 3.16. The van der Waals surface area contributed by atoms with Gasteiger partial charge in [0.2, 0.25) is 0 Å². The molecule has 0 bridgehead atoms. The summed E-state index contributed by atoms with van der Waals surface area (Å²) in [5.74, 6) is -1.12. The Bertz CT molecular complexity index is 1020. The van der Waals surface area contributed by atoms with Crippen LogP contribution < -0.4 is 5.32 Å². The van der Waals surface area contributed by atoms with Gasteiger partial charge < -0.3 is 4.74 Å². The van der Waals surface area contributed by atoms with Crippen LogP contribution in [0.5, 0.6) is 0 Å². The van der Waals surface area contributed by atoms with Crippen molar-refractivity contribution in [2.75, 3.05) is 17.7 Å². The lowest BCUT2D eigenvalue weighted by molar-refractivity contribution is -0.144. The van der Waals surface area contributed by atoms with Crippen LogP contribution in [0.4, 0.5) is 9.52 Å². The van der Waals surface area contributed by atoms with Crippen molar-refractivity contribution < 1.29 is 18.7 Å². The number of benzene rings is 2. The van der Waals surface area contributed by atoms with Gasteiger partial charge in [0.25, 0.3) is 5.91 Å². The number of aryl methyl sites for hydroxylation is 2. The van der Waals surface area contributed by atoms with E-state index in [0.717, 1.165) is 21.6 Å². The third-order valence-electron chi connectivity index (χ3n) is 3.94. The number of carbonyl (C=O) groups is 2. The average molecular weight is 431 g/mol. The number of rotatable bonds is 7. The number of hydrogen-bond acceptors (Lipinski definition) is 6. The zero-order valence-corrected chi connectivity index (χ0v) is 17.5. The van der Waals surface area contributed by atoms with Crippen molar-refractivity contribution in [3.63, 3.8) is 0 Å². The zero-order valence-electron chi connectivity index (χ0n) is 15.9. The summed E-state index contributed by atoms with van der Waals surface area (Å²) >= 11 is 2.62. The Morgan fingerprint density at radius 1 is 1.17 bits per heavy atom. The van der Waals surface area contributed by atoms with Gasteiger partial charge in [-0.3, -0.25) is 14.9 Å².